The molecular formula is C20H24N6O2. The Hall–Kier alpha value is -3.00. The van der Waals surface area contributed by atoms with Crippen molar-refractivity contribution in [3.05, 3.63) is 54.6 Å². The molecule has 0 bridgehead atoms. The number of hydrogen-bond donors (Lipinski definition) is 1. The minimum Gasteiger partial charge on any atom is -0.368 e. The highest BCUT2D eigenvalue weighted by molar-refractivity contribution is 5.76. The Morgan fingerprint density at radius 1 is 1.29 bits per heavy atom. The van der Waals surface area contributed by atoms with Crippen molar-refractivity contribution in [2.75, 3.05) is 19.7 Å². The molecule has 0 spiro atoms. The number of aromatic amines is 1. The van der Waals surface area contributed by atoms with Crippen molar-refractivity contribution in [2.45, 2.75) is 32.4 Å². The second-order valence-electron chi connectivity index (χ2n) is 7.23. The molecule has 0 radical (unpaired) electrons. The fourth-order valence-electron chi connectivity index (χ4n) is 3.43. The van der Waals surface area contributed by atoms with Gasteiger partial charge in [0.2, 0.25) is 5.91 Å². The van der Waals surface area contributed by atoms with Gasteiger partial charge in [-0.1, -0.05) is 19.9 Å². The van der Waals surface area contributed by atoms with Gasteiger partial charge in [-0.25, -0.2) is 4.98 Å². The Bertz CT molecular complexity index is 917. The van der Waals surface area contributed by atoms with E-state index in [1.54, 1.807) is 12.4 Å². The van der Waals surface area contributed by atoms with Crippen molar-refractivity contribution in [1.82, 2.24) is 29.6 Å². The minimum absolute atomic E-state index is 0.0724. The zero-order valence-electron chi connectivity index (χ0n) is 16.1. The van der Waals surface area contributed by atoms with E-state index in [1.807, 2.05) is 40.2 Å². The van der Waals surface area contributed by atoms with Crippen molar-refractivity contribution in [3.63, 3.8) is 0 Å². The first-order chi connectivity index (χ1) is 13.6. The second-order valence-corrected chi connectivity index (χ2v) is 7.23. The standard InChI is InChI=1S/C20H24N6O2/c1-14(2)20-21-5-6-26(20)13-19(27)25-7-8-28-18(12-25)17-4-3-15(9-22-17)16-10-23-24-11-16/h3-6,9-11,14,18H,7-8,12-13H2,1-2H3,(H,23,24). The second kappa shape index (κ2) is 7.93. The number of carbonyl (C=O) groups excluding carboxylic acids is 1. The van der Waals surface area contributed by atoms with Crippen molar-refractivity contribution >= 4 is 5.91 Å². The van der Waals surface area contributed by atoms with Gasteiger partial charge >= 0.3 is 0 Å². The number of imidazole rings is 1. The van der Waals surface area contributed by atoms with Crippen LogP contribution in [0.1, 0.15) is 37.4 Å². The largest absolute Gasteiger partial charge is 0.368 e. The van der Waals surface area contributed by atoms with E-state index in [9.17, 15) is 4.79 Å². The molecule has 0 aromatic carbocycles. The van der Waals surface area contributed by atoms with Crippen LogP contribution < -0.4 is 0 Å². The molecule has 0 aliphatic carbocycles. The normalized spacial score (nSPS) is 17.2. The molecule has 1 aliphatic rings. The summed E-state index contributed by atoms with van der Waals surface area (Å²) in [5.74, 6) is 1.27. The van der Waals surface area contributed by atoms with Crippen LogP contribution in [0.2, 0.25) is 0 Å². The predicted octanol–water partition coefficient (Wildman–Crippen LogP) is 2.39. The maximum Gasteiger partial charge on any atom is 0.242 e. The highest BCUT2D eigenvalue weighted by atomic mass is 16.5. The number of hydrogen-bond acceptors (Lipinski definition) is 5. The van der Waals surface area contributed by atoms with Crippen molar-refractivity contribution in [1.29, 1.82) is 0 Å². The van der Waals surface area contributed by atoms with Gasteiger partial charge in [-0.2, -0.15) is 5.10 Å². The van der Waals surface area contributed by atoms with Gasteiger partial charge in [-0.05, 0) is 6.07 Å². The molecule has 3 aromatic rings. The highest BCUT2D eigenvalue weighted by Crippen LogP contribution is 2.24. The summed E-state index contributed by atoms with van der Waals surface area (Å²) < 4.78 is 7.80. The molecule has 8 nitrogen and oxygen atoms in total. The third kappa shape index (κ3) is 3.82. The van der Waals surface area contributed by atoms with Crippen LogP contribution in [-0.2, 0) is 16.1 Å². The maximum absolute atomic E-state index is 12.8. The van der Waals surface area contributed by atoms with Gasteiger partial charge < -0.3 is 14.2 Å². The zero-order chi connectivity index (χ0) is 19.5. The molecule has 1 fully saturated rings. The van der Waals surface area contributed by atoms with E-state index in [2.05, 4.69) is 34.0 Å². The van der Waals surface area contributed by atoms with Crippen LogP contribution >= 0.6 is 0 Å². The maximum atomic E-state index is 12.8. The Labute approximate surface area is 163 Å². The first-order valence-corrected chi connectivity index (χ1v) is 9.47. The quantitative estimate of drug-likeness (QED) is 0.734. The number of amides is 1. The van der Waals surface area contributed by atoms with E-state index < -0.39 is 0 Å². The lowest BCUT2D eigenvalue weighted by Crippen LogP contribution is -2.44. The van der Waals surface area contributed by atoms with Crippen LogP contribution in [0.3, 0.4) is 0 Å². The van der Waals surface area contributed by atoms with E-state index in [0.29, 0.717) is 26.2 Å². The van der Waals surface area contributed by atoms with Crippen LogP contribution in [0.15, 0.2) is 43.1 Å². The third-order valence-electron chi connectivity index (χ3n) is 4.94. The van der Waals surface area contributed by atoms with Crippen LogP contribution in [0, 0.1) is 0 Å². The van der Waals surface area contributed by atoms with Gasteiger partial charge in [0.05, 0.1) is 25.0 Å². The SMILES string of the molecule is CC(C)c1nccn1CC(=O)N1CCOC(c2ccc(-c3cn[nH]c3)cn2)C1. The predicted molar refractivity (Wildman–Crippen MR) is 103 cm³/mol. The average Bonchev–Trinajstić information content (AvgIpc) is 3.40. The Morgan fingerprint density at radius 2 is 2.18 bits per heavy atom. The monoisotopic (exact) mass is 380 g/mol. The number of nitrogens with zero attached hydrogens (tertiary/aromatic N) is 5. The summed E-state index contributed by atoms with van der Waals surface area (Å²) in [6, 6.07) is 3.95. The summed E-state index contributed by atoms with van der Waals surface area (Å²) >= 11 is 0. The lowest BCUT2D eigenvalue weighted by molar-refractivity contribution is -0.139. The Morgan fingerprint density at radius 3 is 2.89 bits per heavy atom. The van der Waals surface area contributed by atoms with Crippen molar-refractivity contribution < 1.29 is 9.53 Å². The molecule has 8 heteroatoms. The van der Waals surface area contributed by atoms with Crippen molar-refractivity contribution in [3.8, 4) is 11.1 Å². The molecule has 0 saturated carbocycles. The molecule has 28 heavy (non-hydrogen) atoms. The van der Waals surface area contributed by atoms with Crippen LogP contribution in [0.5, 0.6) is 0 Å². The van der Waals surface area contributed by atoms with Gasteiger partial charge in [0, 0.05) is 48.4 Å². The van der Waals surface area contributed by atoms with E-state index in [0.717, 1.165) is 22.6 Å². The van der Waals surface area contributed by atoms with Gasteiger partial charge in [0.25, 0.3) is 0 Å². The first-order valence-electron chi connectivity index (χ1n) is 9.47. The molecule has 3 aromatic heterocycles. The molecule has 146 valence electrons. The molecule has 1 saturated heterocycles. The molecule has 1 N–H and O–H groups in total. The number of nitrogens with one attached hydrogen (secondary N) is 1. The summed E-state index contributed by atoms with van der Waals surface area (Å²) in [6.45, 7) is 6.05. The van der Waals surface area contributed by atoms with Crippen LogP contribution in [0.25, 0.3) is 11.1 Å². The molecule has 4 rings (SSSR count). The fraction of sp³-hybridized carbons (Fsp3) is 0.400. The molecule has 1 unspecified atom stereocenters. The average molecular weight is 380 g/mol. The highest BCUT2D eigenvalue weighted by Gasteiger charge is 2.26. The summed E-state index contributed by atoms with van der Waals surface area (Å²) in [7, 11) is 0. The van der Waals surface area contributed by atoms with Crippen LogP contribution in [0.4, 0.5) is 0 Å². The number of ether oxygens (including phenoxy) is 1. The smallest absolute Gasteiger partial charge is 0.242 e. The zero-order valence-corrected chi connectivity index (χ0v) is 16.1. The summed E-state index contributed by atoms with van der Waals surface area (Å²) in [5.41, 5.74) is 2.81. The lowest BCUT2D eigenvalue weighted by atomic mass is 10.1. The molecule has 1 atom stereocenters. The Kier molecular flexibility index (Phi) is 5.21. The number of H-pyrrole nitrogens is 1. The number of aromatic nitrogens is 5. The lowest BCUT2D eigenvalue weighted by Gasteiger charge is -2.33. The summed E-state index contributed by atoms with van der Waals surface area (Å²) in [5, 5.41) is 6.76. The van der Waals surface area contributed by atoms with Gasteiger partial charge in [0.15, 0.2) is 0 Å². The van der Waals surface area contributed by atoms with Crippen LogP contribution in [-0.4, -0.2) is 55.2 Å². The number of carbonyl (C=O) groups is 1. The van der Waals surface area contributed by atoms with E-state index in [-0.39, 0.29) is 17.9 Å². The minimum atomic E-state index is -0.219. The van der Waals surface area contributed by atoms with E-state index in [4.69, 9.17) is 4.74 Å². The third-order valence-corrected chi connectivity index (χ3v) is 4.94. The van der Waals surface area contributed by atoms with Crippen molar-refractivity contribution in [2.24, 2.45) is 0 Å². The van der Waals surface area contributed by atoms with E-state index >= 15 is 0 Å². The number of morpholine rings is 1. The molecule has 1 aliphatic heterocycles. The Balaban J connectivity index is 1.42. The summed E-state index contributed by atoms with van der Waals surface area (Å²) in [6.07, 6.45) is 8.79. The van der Waals surface area contributed by atoms with E-state index in [1.165, 1.54) is 0 Å². The van der Waals surface area contributed by atoms with Gasteiger partial charge in [-0.3, -0.25) is 14.9 Å². The van der Waals surface area contributed by atoms with Gasteiger partial charge in [0.1, 0.15) is 18.5 Å². The number of rotatable bonds is 5. The first kappa shape index (κ1) is 18.4. The fourth-order valence-corrected chi connectivity index (χ4v) is 3.43. The molecule has 4 heterocycles. The number of pyridine rings is 1. The molecular weight excluding hydrogens is 356 g/mol. The molecule has 1 amide bonds. The summed E-state index contributed by atoms with van der Waals surface area (Å²) in [4.78, 5) is 23.6. The van der Waals surface area contributed by atoms with Gasteiger partial charge in [-0.15, -0.1) is 0 Å². The topological polar surface area (TPSA) is 88.9 Å².